The van der Waals surface area contributed by atoms with Crippen molar-refractivity contribution in [2.75, 3.05) is 6.54 Å². The van der Waals surface area contributed by atoms with Crippen molar-refractivity contribution >= 4 is 17.9 Å². The summed E-state index contributed by atoms with van der Waals surface area (Å²) in [6, 6.07) is -1.48. The van der Waals surface area contributed by atoms with Crippen molar-refractivity contribution < 1.29 is 19.8 Å². The van der Waals surface area contributed by atoms with Crippen LogP contribution in [0.2, 0.25) is 0 Å². The summed E-state index contributed by atoms with van der Waals surface area (Å²) in [5, 5.41) is 26.0. The quantitative estimate of drug-likeness (QED) is 0.164. The molecule has 0 spiro atoms. The number of carboxylic acids is 2. The maximum Gasteiger partial charge on any atom is 0.320 e. The molecule has 21 heavy (non-hydrogen) atoms. The zero-order valence-electron chi connectivity index (χ0n) is 12.3. The summed E-state index contributed by atoms with van der Waals surface area (Å²) in [5.74, 6) is -2.01. The highest BCUT2D eigenvalue weighted by Gasteiger charge is 2.09. The van der Waals surface area contributed by atoms with Crippen LogP contribution in [0.3, 0.4) is 0 Å². The second-order valence-corrected chi connectivity index (χ2v) is 4.51. The van der Waals surface area contributed by atoms with Crippen molar-refractivity contribution in [1.29, 1.82) is 5.41 Å². The van der Waals surface area contributed by atoms with Gasteiger partial charge in [-0.2, -0.15) is 0 Å². The summed E-state index contributed by atoms with van der Waals surface area (Å²) in [4.78, 5) is 20.3. The van der Waals surface area contributed by atoms with Crippen molar-refractivity contribution in [2.24, 2.45) is 17.2 Å². The first-order valence-corrected chi connectivity index (χ1v) is 6.77. The average molecular weight is 305 g/mol. The Morgan fingerprint density at radius 1 is 1.10 bits per heavy atom. The molecule has 9 heteroatoms. The molecular weight excluding hydrogens is 278 g/mol. The van der Waals surface area contributed by atoms with Gasteiger partial charge in [-0.3, -0.25) is 15.0 Å². The van der Waals surface area contributed by atoms with Gasteiger partial charge in [0.2, 0.25) is 0 Å². The molecule has 2 atom stereocenters. The third-order valence-electron chi connectivity index (χ3n) is 2.51. The first-order valence-electron chi connectivity index (χ1n) is 6.77. The largest absolute Gasteiger partial charge is 0.480 e. The van der Waals surface area contributed by atoms with E-state index in [1.165, 1.54) is 0 Å². The molecule has 0 fully saturated rings. The molecule has 0 bridgehead atoms. The lowest BCUT2D eigenvalue weighted by Crippen LogP contribution is -2.34. The number of rotatable bonds is 9. The minimum atomic E-state index is -1.00. The summed E-state index contributed by atoms with van der Waals surface area (Å²) in [6.45, 7) is 2.49. The Morgan fingerprint density at radius 3 is 1.86 bits per heavy atom. The Bertz CT molecular complexity index is 325. The highest BCUT2D eigenvalue weighted by Crippen LogP contribution is 1.97. The van der Waals surface area contributed by atoms with Crippen molar-refractivity contribution in [1.82, 2.24) is 5.32 Å². The molecule has 0 radical (unpaired) electrons. The molecule has 0 aliphatic carbocycles. The molecule has 0 aromatic heterocycles. The van der Waals surface area contributed by atoms with E-state index >= 15 is 0 Å². The molecule has 10 N–H and O–H groups in total. The Morgan fingerprint density at radius 2 is 1.52 bits per heavy atom. The fourth-order valence-corrected chi connectivity index (χ4v) is 1.22. The van der Waals surface area contributed by atoms with Gasteiger partial charge in [-0.05, 0) is 19.3 Å². The van der Waals surface area contributed by atoms with Crippen LogP contribution in [-0.4, -0.2) is 46.7 Å². The monoisotopic (exact) mass is 305 g/mol. The number of guanidine groups is 1. The number of hydrogen-bond donors (Lipinski definition) is 7. The number of unbranched alkanes of at least 4 members (excludes halogenated alkanes) is 1. The van der Waals surface area contributed by atoms with E-state index in [1.807, 2.05) is 6.92 Å². The number of nitrogens with one attached hydrogen (secondary N) is 2. The highest BCUT2D eigenvalue weighted by atomic mass is 16.4. The molecule has 1 unspecified atom stereocenters. The zero-order chi connectivity index (χ0) is 16.8. The number of carboxylic acid groups (broad SMARTS) is 2. The Balaban J connectivity index is 0. The minimum Gasteiger partial charge on any atom is -0.480 e. The fourth-order valence-electron chi connectivity index (χ4n) is 1.22. The molecule has 0 saturated carbocycles. The van der Waals surface area contributed by atoms with Gasteiger partial charge in [0.25, 0.3) is 0 Å². The maximum atomic E-state index is 10.2. The van der Waals surface area contributed by atoms with E-state index in [-0.39, 0.29) is 5.96 Å². The van der Waals surface area contributed by atoms with Crippen LogP contribution in [0, 0.1) is 5.41 Å². The van der Waals surface area contributed by atoms with Gasteiger partial charge in [0.05, 0.1) is 0 Å². The van der Waals surface area contributed by atoms with Crippen LogP contribution in [0.25, 0.3) is 0 Å². The van der Waals surface area contributed by atoms with Gasteiger partial charge in [0, 0.05) is 6.54 Å². The van der Waals surface area contributed by atoms with Gasteiger partial charge in [-0.25, -0.2) is 0 Å². The summed E-state index contributed by atoms with van der Waals surface area (Å²) >= 11 is 0. The van der Waals surface area contributed by atoms with Gasteiger partial charge < -0.3 is 32.7 Å². The summed E-state index contributed by atoms with van der Waals surface area (Å²) in [5.41, 5.74) is 15.4. The van der Waals surface area contributed by atoms with E-state index < -0.39 is 24.0 Å². The molecule has 0 aliphatic heterocycles. The van der Waals surface area contributed by atoms with Crippen LogP contribution in [0.4, 0.5) is 0 Å². The summed E-state index contributed by atoms with van der Waals surface area (Å²) < 4.78 is 0. The van der Waals surface area contributed by atoms with E-state index in [4.69, 9.17) is 32.8 Å². The first kappa shape index (κ1) is 21.4. The van der Waals surface area contributed by atoms with Crippen molar-refractivity contribution in [3.8, 4) is 0 Å². The second-order valence-electron chi connectivity index (χ2n) is 4.51. The molecular formula is C12H27N5O4. The summed E-state index contributed by atoms with van der Waals surface area (Å²) in [6.07, 6.45) is 3.46. The minimum absolute atomic E-state index is 0.112. The van der Waals surface area contributed by atoms with Crippen molar-refractivity contribution in [3.05, 3.63) is 0 Å². The third-order valence-corrected chi connectivity index (χ3v) is 2.51. The number of carbonyl (C=O) groups is 2. The number of hydrogen-bond acceptors (Lipinski definition) is 5. The lowest BCUT2D eigenvalue weighted by Gasteiger charge is -2.06. The van der Waals surface area contributed by atoms with E-state index in [0.717, 1.165) is 12.8 Å². The maximum absolute atomic E-state index is 10.2. The molecule has 0 heterocycles. The number of aliphatic carboxylic acids is 2. The van der Waals surface area contributed by atoms with Crippen LogP contribution in [0.1, 0.15) is 39.0 Å². The van der Waals surface area contributed by atoms with E-state index in [1.54, 1.807) is 0 Å². The van der Waals surface area contributed by atoms with Gasteiger partial charge >= 0.3 is 11.9 Å². The molecule has 0 amide bonds. The van der Waals surface area contributed by atoms with Gasteiger partial charge in [-0.1, -0.05) is 19.8 Å². The second kappa shape index (κ2) is 13.1. The normalized spacial score (nSPS) is 12.5. The third kappa shape index (κ3) is 16.1. The van der Waals surface area contributed by atoms with Crippen LogP contribution in [0.5, 0.6) is 0 Å². The molecule has 0 aliphatic rings. The molecule has 0 aromatic rings. The van der Waals surface area contributed by atoms with Gasteiger partial charge in [-0.15, -0.1) is 0 Å². The van der Waals surface area contributed by atoms with Crippen LogP contribution < -0.4 is 22.5 Å². The van der Waals surface area contributed by atoms with Gasteiger partial charge in [0.15, 0.2) is 5.96 Å². The first-order chi connectivity index (χ1) is 9.72. The fraction of sp³-hybridized carbons (Fsp3) is 0.750. The van der Waals surface area contributed by atoms with Crippen molar-refractivity contribution in [3.63, 3.8) is 0 Å². The molecule has 0 rings (SSSR count). The topological polar surface area (TPSA) is 189 Å². The lowest BCUT2D eigenvalue weighted by molar-refractivity contribution is -0.139. The van der Waals surface area contributed by atoms with E-state index in [0.29, 0.717) is 25.8 Å². The SMILES string of the molecule is CCCCC(N)C(=O)O.N=C(N)NCCC[C@H](N)C(=O)O. The molecule has 124 valence electrons. The standard InChI is InChI=1S/C6H14N4O2.C6H13NO2/c7-4(5(11)12)2-1-3-10-6(8)9;1-2-3-4-5(7)6(8)9/h4H,1-3,7H2,(H,11,12)(H4,8,9,10);5H,2-4,7H2,1H3,(H,8,9)/t4-;/m0./s1. The zero-order valence-corrected chi connectivity index (χ0v) is 12.3. The predicted molar refractivity (Wildman–Crippen MR) is 79.9 cm³/mol. The molecule has 0 saturated heterocycles. The smallest absolute Gasteiger partial charge is 0.320 e. The predicted octanol–water partition coefficient (Wildman–Crippen LogP) is -0.750. The van der Waals surface area contributed by atoms with Gasteiger partial charge in [0.1, 0.15) is 12.1 Å². The Labute approximate surface area is 124 Å². The van der Waals surface area contributed by atoms with E-state index in [2.05, 4.69) is 5.32 Å². The van der Waals surface area contributed by atoms with Crippen LogP contribution in [0.15, 0.2) is 0 Å². The lowest BCUT2D eigenvalue weighted by atomic mass is 10.1. The van der Waals surface area contributed by atoms with Crippen LogP contribution in [-0.2, 0) is 9.59 Å². The van der Waals surface area contributed by atoms with Crippen LogP contribution >= 0.6 is 0 Å². The highest BCUT2D eigenvalue weighted by molar-refractivity contribution is 5.74. The Hall–Kier alpha value is -1.87. The molecule has 9 nitrogen and oxygen atoms in total. The molecule has 0 aromatic carbocycles. The number of nitrogens with two attached hydrogens (primary N) is 3. The average Bonchev–Trinajstić information content (AvgIpc) is 2.40. The van der Waals surface area contributed by atoms with Crippen molar-refractivity contribution in [2.45, 2.75) is 51.1 Å². The summed E-state index contributed by atoms with van der Waals surface area (Å²) in [7, 11) is 0. The Kier molecular flexibility index (Phi) is 13.4. The van der Waals surface area contributed by atoms with E-state index in [9.17, 15) is 9.59 Å².